The van der Waals surface area contributed by atoms with Gasteiger partial charge >= 0.3 is 0 Å². The van der Waals surface area contributed by atoms with Crippen LogP contribution in [0.15, 0.2) is 23.2 Å². The zero-order valence-electron chi connectivity index (χ0n) is 13.0. The van der Waals surface area contributed by atoms with Crippen molar-refractivity contribution in [3.63, 3.8) is 0 Å². The molecular formula is C16H13N5O2S. The van der Waals surface area contributed by atoms with Gasteiger partial charge in [0.05, 0.1) is 22.2 Å². The van der Waals surface area contributed by atoms with E-state index in [1.54, 1.807) is 18.2 Å². The van der Waals surface area contributed by atoms with E-state index in [2.05, 4.69) is 21.4 Å². The first-order valence-corrected chi connectivity index (χ1v) is 7.95. The number of nitriles is 1. The molecule has 3 rings (SSSR count). The number of carbonyl (C=O) groups excluding carboxylic acids is 1. The number of hydrogen-bond donors (Lipinski definition) is 2. The summed E-state index contributed by atoms with van der Waals surface area (Å²) in [7, 11) is 0. The average Bonchev–Trinajstić information content (AvgIpc) is 2.85. The van der Waals surface area contributed by atoms with Crippen LogP contribution in [0.5, 0.6) is 5.75 Å². The average molecular weight is 339 g/mol. The largest absolute Gasteiger partial charge is 0.487 e. The molecule has 0 aromatic carbocycles. The molecule has 0 unspecified atom stereocenters. The lowest BCUT2D eigenvalue weighted by Gasteiger charge is -2.13. The SMILES string of the molecule is CC(C)Oc1c(C#N)cnc2ccc(/C=C3/SC(=N)NC3=O)nc12. The predicted octanol–water partition coefficient (Wildman–Crippen LogP) is 2.43. The van der Waals surface area contributed by atoms with Crippen LogP contribution in [0.3, 0.4) is 0 Å². The minimum Gasteiger partial charge on any atom is -0.487 e. The molecule has 2 aromatic heterocycles. The van der Waals surface area contributed by atoms with Gasteiger partial charge in [-0.1, -0.05) is 0 Å². The molecule has 1 aliphatic rings. The lowest BCUT2D eigenvalue weighted by atomic mass is 10.2. The summed E-state index contributed by atoms with van der Waals surface area (Å²) in [4.78, 5) is 20.8. The molecular weight excluding hydrogens is 326 g/mol. The molecule has 7 nitrogen and oxygen atoms in total. The summed E-state index contributed by atoms with van der Waals surface area (Å²) in [6.07, 6.45) is 2.93. The number of aromatic nitrogens is 2. The second-order valence-corrected chi connectivity index (χ2v) is 6.33. The van der Waals surface area contributed by atoms with Crippen molar-refractivity contribution in [3.05, 3.63) is 34.5 Å². The molecule has 24 heavy (non-hydrogen) atoms. The third kappa shape index (κ3) is 3.07. The Morgan fingerprint density at radius 1 is 1.46 bits per heavy atom. The van der Waals surface area contributed by atoms with Gasteiger partial charge in [0, 0.05) is 6.20 Å². The Bertz CT molecular complexity index is 930. The standard InChI is InChI=1S/C16H13N5O2S/c1-8(2)23-14-9(6-17)7-19-11-4-3-10(20-13(11)14)5-12-15(22)21-16(18)24-12/h3-5,7-8H,1-2H3,(H2,18,21,22)/b12-5+. The molecule has 0 atom stereocenters. The Morgan fingerprint density at radius 3 is 2.88 bits per heavy atom. The van der Waals surface area contributed by atoms with Gasteiger partial charge in [-0.3, -0.25) is 15.2 Å². The molecule has 120 valence electrons. The van der Waals surface area contributed by atoms with E-state index in [0.717, 1.165) is 11.8 Å². The normalized spacial score (nSPS) is 15.8. The van der Waals surface area contributed by atoms with E-state index in [1.807, 2.05) is 13.8 Å². The Labute approximate surface area is 142 Å². The summed E-state index contributed by atoms with van der Waals surface area (Å²) in [5.41, 5.74) is 1.90. The van der Waals surface area contributed by atoms with Crippen LogP contribution in [0.25, 0.3) is 17.1 Å². The lowest BCUT2D eigenvalue weighted by molar-refractivity contribution is -0.115. The number of amides is 1. The highest BCUT2D eigenvalue weighted by Crippen LogP contribution is 2.29. The number of ether oxygens (including phenoxy) is 1. The molecule has 0 aliphatic carbocycles. The van der Waals surface area contributed by atoms with Gasteiger partial charge < -0.3 is 10.1 Å². The third-order valence-electron chi connectivity index (χ3n) is 3.10. The lowest BCUT2D eigenvalue weighted by Crippen LogP contribution is -2.18. The first-order valence-electron chi connectivity index (χ1n) is 7.14. The molecule has 1 aliphatic heterocycles. The molecule has 2 aromatic rings. The number of nitrogens with one attached hydrogen (secondary N) is 2. The Kier molecular flexibility index (Phi) is 4.18. The smallest absolute Gasteiger partial charge is 0.264 e. The minimum atomic E-state index is -0.325. The maximum atomic E-state index is 11.7. The van der Waals surface area contributed by atoms with Gasteiger partial charge in [-0.15, -0.1) is 0 Å². The number of carbonyl (C=O) groups is 1. The van der Waals surface area contributed by atoms with E-state index in [0.29, 0.717) is 32.9 Å². The summed E-state index contributed by atoms with van der Waals surface area (Å²) < 4.78 is 5.75. The summed E-state index contributed by atoms with van der Waals surface area (Å²) in [6, 6.07) is 5.54. The van der Waals surface area contributed by atoms with Crippen LogP contribution in [0.1, 0.15) is 25.1 Å². The predicted molar refractivity (Wildman–Crippen MR) is 91.5 cm³/mol. The van der Waals surface area contributed by atoms with Crippen molar-refractivity contribution >= 4 is 39.9 Å². The van der Waals surface area contributed by atoms with Crippen molar-refractivity contribution in [2.24, 2.45) is 0 Å². The van der Waals surface area contributed by atoms with Crippen molar-refractivity contribution in [1.82, 2.24) is 15.3 Å². The highest BCUT2D eigenvalue weighted by Gasteiger charge is 2.22. The van der Waals surface area contributed by atoms with Crippen LogP contribution in [0.4, 0.5) is 0 Å². The zero-order valence-corrected chi connectivity index (χ0v) is 13.8. The molecule has 1 fully saturated rings. The van der Waals surface area contributed by atoms with Crippen LogP contribution >= 0.6 is 11.8 Å². The van der Waals surface area contributed by atoms with Gasteiger partial charge in [0.2, 0.25) is 0 Å². The maximum Gasteiger partial charge on any atom is 0.264 e. The van der Waals surface area contributed by atoms with E-state index in [9.17, 15) is 10.1 Å². The van der Waals surface area contributed by atoms with Gasteiger partial charge in [-0.05, 0) is 43.8 Å². The van der Waals surface area contributed by atoms with Gasteiger partial charge in [0.15, 0.2) is 10.9 Å². The molecule has 3 heterocycles. The minimum absolute atomic E-state index is 0.0873. The highest BCUT2D eigenvalue weighted by molar-refractivity contribution is 8.18. The van der Waals surface area contributed by atoms with Gasteiger partial charge in [0.1, 0.15) is 17.1 Å². The van der Waals surface area contributed by atoms with Crippen molar-refractivity contribution < 1.29 is 9.53 Å². The fourth-order valence-electron chi connectivity index (χ4n) is 2.15. The monoisotopic (exact) mass is 339 g/mol. The van der Waals surface area contributed by atoms with Crippen LogP contribution in [-0.2, 0) is 4.79 Å². The second kappa shape index (κ2) is 6.29. The summed E-state index contributed by atoms with van der Waals surface area (Å²) in [6.45, 7) is 3.73. The van der Waals surface area contributed by atoms with Gasteiger partial charge in [-0.25, -0.2) is 4.98 Å². The van der Waals surface area contributed by atoms with E-state index in [1.165, 1.54) is 6.20 Å². The zero-order chi connectivity index (χ0) is 17.3. The molecule has 0 radical (unpaired) electrons. The number of rotatable bonds is 3. The van der Waals surface area contributed by atoms with Crippen LogP contribution in [0, 0.1) is 16.7 Å². The van der Waals surface area contributed by atoms with Crippen molar-refractivity contribution in [1.29, 1.82) is 10.7 Å². The number of pyridine rings is 2. The molecule has 2 N–H and O–H groups in total. The molecule has 1 amide bonds. The summed E-state index contributed by atoms with van der Waals surface area (Å²) in [5, 5.41) is 19.2. The van der Waals surface area contributed by atoms with Gasteiger partial charge in [0.25, 0.3) is 5.91 Å². The highest BCUT2D eigenvalue weighted by atomic mass is 32.2. The number of thioether (sulfide) groups is 1. The Hall–Kier alpha value is -2.92. The fourth-order valence-corrected chi connectivity index (χ4v) is 2.84. The topological polar surface area (TPSA) is 112 Å². The molecule has 1 saturated heterocycles. The molecule has 0 bridgehead atoms. The number of nitrogens with zero attached hydrogens (tertiary/aromatic N) is 3. The van der Waals surface area contributed by atoms with E-state index >= 15 is 0 Å². The fraction of sp³-hybridized carbons (Fsp3) is 0.188. The number of amidine groups is 1. The van der Waals surface area contributed by atoms with E-state index < -0.39 is 0 Å². The van der Waals surface area contributed by atoms with Crippen molar-refractivity contribution in [2.45, 2.75) is 20.0 Å². The van der Waals surface area contributed by atoms with Crippen molar-refractivity contribution in [3.8, 4) is 11.8 Å². The summed E-state index contributed by atoms with van der Waals surface area (Å²) in [5.74, 6) is 0.0588. The first-order chi connectivity index (χ1) is 11.5. The Morgan fingerprint density at radius 2 is 2.25 bits per heavy atom. The second-order valence-electron chi connectivity index (χ2n) is 5.28. The maximum absolute atomic E-state index is 11.7. The van der Waals surface area contributed by atoms with Crippen LogP contribution < -0.4 is 10.1 Å². The van der Waals surface area contributed by atoms with Crippen LogP contribution in [0.2, 0.25) is 0 Å². The molecule has 0 spiro atoms. The van der Waals surface area contributed by atoms with E-state index in [-0.39, 0.29) is 17.2 Å². The Balaban J connectivity index is 2.13. The molecule has 8 heteroatoms. The van der Waals surface area contributed by atoms with Gasteiger partial charge in [-0.2, -0.15) is 5.26 Å². The molecule has 0 saturated carbocycles. The first kappa shape index (κ1) is 16.0. The van der Waals surface area contributed by atoms with Crippen molar-refractivity contribution in [2.75, 3.05) is 0 Å². The number of fused-ring (bicyclic) bond motifs is 1. The summed E-state index contributed by atoms with van der Waals surface area (Å²) >= 11 is 1.04. The number of hydrogen-bond acceptors (Lipinski definition) is 7. The van der Waals surface area contributed by atoms with E-state index in [4.69, 9.17) is 10.1 Å². The quantitative estimate of drug-likeness (QED) is 0.831. The third-order valence-corrected chi connectivity index (χ3v) is 3.93. The van der Waals surface area contributed by atoms with Crippen LogP contribution in [-0.4, -0.2) is 27.1 Å².